The van der Waals surface area contributed by atoms with Crippen LogP contribution in [0.4, 0.5) is 23.8 Å². The second-order valence-corrected chi connectivity index (χ2v) is 9.03. The van der Waals surface area contributed by atoms with E-state index in [4.69, 9.17) is 9.84 Å². The molecule has 0 aliphatic carbocycles. The third kappa shape index (κ3) is 5.50. The Labute approximate surface area is 200 Å². The molecule has 1 aromatic carbocycles. The zero-order valence-corrected chi connectivity index (χ0v) is 19.7. The van der Waals surface area contributed by atoms with Crippen molar-refractivity contribution in [2.24, 2.45) is 0 Å². The van der Waals surface area contributed by atoms with E-state index < -0.39 is 12.0 Å². The summed E-state index contributed by atoms with van der Waals surface area (Å²) in [6.45, 7) is 11.3. The van der Waals surface area contributed by atoms with Gasteiger partial charge in [0.2, 0.25) is 0 Å². The van der Waals surface area contributed by atoms with Crippen LogP contribution in [-0.4, -0.2) is 63.9 Å². The topological polar surface area (TPSA) is 72.7 Å². The van der Waals surface area contributed by atoms with Gasteiger partial charge in [-0.1, -0.05) is 12.7 Å². The molecule has 35 heavy (non-hydrogen) atoms. The minimum absolute atomic E-state index is 0.323. The zero-order valence-electron chi connectivity index (χ0n) is 19.7. The lowest BCUT2D eigenvalue weighted by molar-refractivity contribution is -0.274. The quantitative estimate of drug-likeness (QED) is 0.513. The number of aromatic nitrogens is 3. The van der Waals surface area contributed by atoms with Crippen molar-refractivity contribution in [2.75, 3.05) is 31.1 Å². The number of carbonyl (C=O) groups excluding carboxylic acids is 1. The van der Waals surface area contributed by atoms with E-state index in [1.165, 1.54) is 24.3 Å². The Kier molecular flexibility index (Phi) is 6.35. The summed E-state index contributed by atoms with van der Waals surface area (Å²) in [4.78, 5) is 20.6. The van der Waals surface area contributed by atoms with E-state index in [1.54, 1.807) is 21.9 Å². The first kappa shape index (κ1) is 24.4. The van der Waals surface area contributed by atoms with Crippen molar-refractivity contribution in [1.29, 1.82) is 0 Å². The highest BCUT2D eigenvalue weighted by Crippen LogP contribution is 2.32. The second-order valence-electron chi connectivity index (χ2n) is 9.03. The molecule has 0 saturated carbocycles. The molecular formula is C24H26F3N5O3. The van der Waals surface area contributed by atoms with E-state index in [-0.39, 0.29) is 11.8 Å². The number of carbonyl (C=O) groups is 1. The van der Waals surface area contributed by atoms with Gasteiger partial charge in [0, 0.05) is 32.4 Å². The summed E-state index contributed by atoms with van der Waals surface area (Å²) in [5, 5.41) is 5.53. The molecule has 1 amide bonds. The van der Waals surface area contributed by atoms with Gasteiger partial charge in [-0.05, 0) is 56.7 Å². The number of ether oxygens (including phenoxy) is 2. The molecule has 1 saturated heterocycles. The summed E-state index contributed by atoms with van der Waals surface area (Å²) in [6, 6.07) is 7.25. The maximum absolute atomic E-state index is 12.5. The first-order valence-corrected chi connectivity index (χ1v) is 11.0. The molecule has 0 atom stereocenters. The van der Waals surface area contributed by atoms with Crippen LogP contribution >= 0.6 is 0 Å². The first-order valence-electron chi connectivity index (χ1n) is 11.0. The number of piperazine rings is 1. The molecule has 0 spiro atoms. The molecular weight excluding hydrogens is 463 g/mol. The summed E-state index contributed by atoms with van der Waals surface area (Å²) in [7, 11) is 0. The van der Waals surface area contributed by atoms with Gasteiger partial charge in [-0.3, -0.25) is 0 Å². The highest BCUT2D eigenvalue weighted by atomic mass is 19.4. The number of amides is 1. The van der Waals surface area contributed by atoms with Gasteiger partial charge in [-0.25, -0.2) is 14.5 Å². The largest absolute Gasteiger partial charge is 0.573 e. The average Bonchev–Trinajstić information content (AvgIpc) is 3.17. The SMILES string of the molecule is C=Cc1ccnc2c1c(N1CCN(C(=O)OC(C)(C)C)CC1)nn2-c1ccc(OC(F)(F)F)cc1. The summed E-state index contributed by atoms with van der Waals surface area (Å²) in [6.07, 6.45) is -1.80. The van der Waals surface area contributed by atoms with Gasteiger partial charge >= 0.3 is 12.5 Å². The summed E-state index contributed by atoms with van der Waals surface area (Å²) < 4.78 is 48.6. The second kappa shape index (κ2) is 9.12. The van der Waals surface area contributed by atoms with Crippen LogP contribution in [0.1, 0.15) is 26.3 Å². The Morgan fingerprint density at radius 2 is 1.71 bits per heavy atom. The van der Waals surface area contributed by atoms with Crippen molar-refractivity contribution in [1.82, 2.24) is 19.7 Å². The van der Waals surface area contributed by atoms with Gasteiger partial charge < -0.3 is 19.3 Å². The van der Waals surface area contributed by atoms with Crippen molar-refractivity contribution in [3.8, 4) is 11.4 Å². The maximum atomic E-state index is 12.5. The molecule has 3 heterocycles. The minimum Gasteiger partial charge on any atom is -0.444 e. The van der Waals surface area contributed by atoms with Crippen molar-refractivity contribution in [3.63, 3.8) is 0 Å². The van der Waals surface area contributed by atoms with Crippen molar-refractivity contribution >= 4 is 29.0 Å². The average molecular weight is 489 g/mol. The molecule has 1 fully saturated rings. The molecule has 2 aromatic heterocycles. The Bertz CT molecular complexity index is 1220. The van der Waals surface area contributed by atoms with E-state index >= 15 is 0 Å². The monoisotopic (exact) mass is 489 g/mol. The fourth-order valence-corrected chi connectivity index (χ4v) is 3.83. The number of halogens is 3. The lowest BCUT2D eigenvalue weighted by atomic mass is 10.1. The van der Waals surface area contributed by atoms with Crippen LogP contribution in [-0.2, 0) is 4.74 Å². The Balaban J connectivity index is 1.64. The lowest BCUT2D eigenvalue weighted by Crippen LogP contribution is -2.50. The smallest absolute Gasteiger partial charge is 0.444 e. The normalized spacial score (nSPS) is 14.8. The van der Waals surface area contributed by atoms with Crippen LogP contribution in [0.2, 0.25) is 0 Å². The highest BCUT2D eigenvalue weighted by Gasteiger charge is 2.31. The number of pyridine rings is 1. The number of alkyl halides is 3. The van der Waals surface area contributed by atoms with Crippen molar-refractivity contribution in [2.45, 2.75) is 32.7 Å². The van der Waals surface area contributed by atoms with E-state index in [0.717, 1.165) is 10.9 Å². The third-order valence-corrected chi connectivity index (χ3v) is 5.35. The molecule has 0 N–H and O–H groups in total. The van der Waals surface area contributed by atoms with Crippen molar-refractivity contribution in [3.05, 3.63) is 48.7 Å². The van der Waals surface area contributed by atoms with Gasteiger partial charge in [0.25, 0.3) is 0 Å². The van der Waals surface area contributed by atoms with E-state index in [1.807, 2.05) is 26.8 Å². The maximum Gasteiger partial charge on any atom is 0.573 e. The van der Waals surface area contributed by atoms with Crippen LogP contribution in [0.15, 0.2) is 43.1 Å². The third-order valence-electron chi connectivity index (χ3n) is 5.35. The molecule has 0 unspecified atom stereocenters. The van der Waals surface area contributed by atoms with Gasteiger partial charge in [-0.2, -0.15) is 0 Å². The van der Waals surface area contributed by atoms with Gasteiger partial charge in [-0.15, -0.1) is 18.3 Å². The van der Waals surface area contributed by atoms with Crippen molar-refractivity contribution < 1.29 is 27.4 Å². The molecule has 4 rings (SSSR count). The predicted molar refractivity (Wildman–Crippen MR) is 126 cm³/mol. The van der Waals surface area contributed by atoms with E-state index in [9.17, 15) is 18.0 Å². The molecule has 11 heteroatoms. The van der Waals surface area contributed by atoms with Crippen LogP contribution < -0.4 is 9.64 Å². The molecule has 0 bridgehead atoms. The number of hydrogen-bond acceptors (Lipinski definition) is 6. The summed E-state index contributed by atoms with van der Waals surface area (Å²) >= 11 is 0. The molecule has 186 valence electrons. The number of anilines is 1. The number of benzene rings is 1. The summed E-state index contributed by atoms with van der Waals surface area (Å²) in [5.41, 5.74) is 1.31. The molecule has 1 aliphatic heterocycles. The van der Waals surface area contributed by atoms with Gasteiger partial charge in [0.05, 0.1) is 11.1 Å². The zero-order chi connectivity index (χ0) is 25.4. The first-order chi connectivity index (χ1) is 16.4. The fourth-order valence-electron chi connectivity index (χ4n) is 3.83. The van der Waals surface area contributed by atoms with E-state index in [2.05, 4.69) is 21.2 Å². The lowest BCUT2D eigenvalue weighted by Gasteiger charge is -2.35. The van der Waals surface area contributed by atoms with Crippen LogP contribution in [0.5, 0.6) is 5.75 Å². The minimum atomic E-state index is -4.77. The Morgan fingerprint density at radius 3 is 2.29 bits per heavy atom. The molecule has 1 aliphatic rings. The predicted octanol–water partition coefficient (Wildman–Crippen LogP) is 5.02. The van der Waals surface area contributed by atoms with Crippen LogP contribution in [0.25, 0.3) is 22.8 Å². The van der Waals surface area contributed by atoms with Crippen LogP contribution in [0.3, 0.4) is 0 Å². The number of fused-ring (bicyclic) bond motifs is 1. The van der Waals surface area contributed by atoms with E-state index in [0.29, 0.717) is 43.3 Å². The van der Waals surface area contributed by atoms with Gasteiger partial charge in [0.1, 0.15) is 11.4 Å². The summed E-state index contributed by atoms with van der Waals surface area (Å²) in [5.74, 6) is 0.332. The fraction of sp³-hybridized carbons (Fsp3) is 0.375. The number of rotatable bonds is 4. The molecule has 0 radical (unpaired) electrons. The number of hydrogen-bond donors (Lipinski definition) is 0. The van der Waals surface area contributed by atoms with Gasteiger partial charge in [0.15, 0.2) is 11.5 Å². The Hall–Kier alpha value is -3.76. The highest BCUT2D eigenvalue weighted by molar-refractivity contribution is 5.96. The standard InChI is InChI=1S/C24H26F3N5O3/c1-5-16-10-11-28-20-19(16)21(30-12-14-31(15-13-30)22(33)35-23(2,3)4)29-32(20)17-6-8-18(9-7-17)34-24(25,26)27/h5-11H,1,12-15H2,2-4H3. The Morgan fingerprint density at radius 1 is 1.06 bits per heavy atom. The molecule has 3 aromatic rings. The number of nitrogens with zero attached hydrogens (tertiary/aromatic N) is 5. The molecule has 8 nitrogen and oxygen atoms in total. The van der Waals surface area contributed by atoms with Crippen LogP contribution in [0, 0.1) is 0 Å².